The number of aliphatic hydroxyl groups excluding tert-OH is 1. The van der Waals surface area contributed by atoms with E-state index in [1.807, 2.05) is 17.0 Å². The number of ether oxygens (including phenoxy) is 2. The first-order valence-electron chi connectivity index (χ1n) is 12.4. The summed E-state index contributed by atoms with van der Waals surface area (Å²) in [5, 5.41) is 13.5. The predicted octanol–water partition coefficient (Wildman–Crippen LogP) is 2.12. The van der Waals surface area contributed by atoms with Crippen molar-refractivity contribution in [1.29, 1.82) is 0 Å². The van der Waals surface area contributed by atoms with Crippen molar-refractivity contribution in [2.75, 3.05) is 46.4 Å². The van der Waals surface area contributed by atoms with Crippen LogP contribution in [0.2, 0.25) is 0 Å². The normalized spacial score (nSPS) is 18.0. The van der Waals surface area contributed by atoms with Gasteiger partial charge in [0.25, 0.3) is 5.91 Å². The second kappa shape index (κ2) is 10.6. The highest BCUT2D eigenvalue weighted by Gasteiger charge is 2.33. The minimum Gasteiger partial charge on any atom is -0.491 e. The fraction of sp³-hybridized carbons (Fsp3) is 0.462. The van der Waals surface area contributed by atoms with Crippen LogP contribution in [0, 0.1) is 6.92 Å². The minimum absolute atomic E-state index is 0.145. The molecule has 0 radical (unpaired) electrons. The number of pyridine rings is 1. The molecule has 10 heteroatoms. The number of amides is 1. The van der Waals surface area contributed by atoms with E-state index in [4.69, 9.17) is 14.5 Å². The van der Waals surface area contributed by atoms with E-state index in [9.17, 15) is 9.90 Å². The van der Waals surface area contributed by atoms with Crippen molar-refractivity contribution < 1.29 is 19.4 Å². The largest absolute Gasteiger partial charge is 0.491 e. The van der Waals surface area contributed by atoms with Gasteiger partial charge in [0.1, 0.15) is 24.2 Å². The molecule has 1 amide bonds. The Kier molecular flexibility index (Phi) is 7.15. The highest BCUT2D eigenvalue weighted by atomic mass is 16.5. The highest BCUT2D eigenvalue weighted by molar-refractivity contribution is 6.20. The summed E-state index contributed by atoms with van der Waals surface area (Å²) < 4.78 is 11.7. The number of likely N-dealkylation sites (tertiary alicyclic amines) is 1. The van der Waals surface area contributed by atoms with Crippen LogP contribution in [0.15, 0.2) is 40.4 Å². The molecule has 1 atom stereocenters. The highest BCUT2D eigenvalue weighted by Crippen LogP contribution is 2.43. The summed E-state index contributed by atoms with van der Waals surface area (Å²) in [6, 6.07) is 7.18. The Bertz CT molecular complexity index is 1190. The molecule has 2 N–H and O–H groups in total. The summed E-state index contributed by atoms with van der Waals surface area (Å²) in [6.45, 7) is 5.76. The third-order valence-corrected chi connectivity index (χ3v) is 6.68. The first kappa shape index (κ1) is 24.2. The number of aliphatic imine (C=N–C) groups is 2. The van der Waals surface area contributed by atoms with E-state index in [0.717, 1.165) is 24.5 Å². The lowest BCUT2D eigenvalue weighted by molar-refractivity contribution is 0.0608. The quantitative estimate of drug-likeness (QED) is 0.609. The van der Waals surface area contributed by atoms with Crippen LogP contribution in [0.25, 0.3) is 0 Å². The lowest BCUT2D eigenvalue weighted by Crippen LogP contribution is -2.47. The molecule has 36 heavy (non-hydrogen) atoms. The van der Waals surface area contributed by atoms with Gasteiger partial charge in [-0.25, -0.2) is 4.99 Å². The lowest BCUT2D eigenvalue weighted by Gasteiger charge is -2.29. The maximum Gasteiger partial charge on any atom is 0.259 e. The second-order valence-electron chi connectivity index (χ2n) is 9.20. The van der Waals surface area contributed by atoms with E-state index in [2.05, 4.69) is 20.2 Å². The molecule has 0 spiro atoms. The van der Waals surface area contributed by atoms with E-state index in [1.165, 1.54) is 19.3 Å². The number of fused-ring (bicyclic) bond motifs is 3. The monoisotopic (exact) mass is 492 g/mol. The third kappa shape index (κ3) is 4.91. The molecule has 1 saturated heterocycles. The van der Waals surface area contributed by atoms with Gasteiger partial charge in [-0.3, -0.25) is 25.0 Å². The van der Waals surface area contributed by atoms with Gasteiger partial charge in [-0.05, 0) is 57.1 Å². The fourth-order valence-corrected chi connectivity index (χ4v) is 4.87. The van der Waals surface area contributed by atoms with Crippen LogP contribution < -0.4 is 14.8 Å². The van der Waals surface area contributed by atoms with Crippen LogP contribution in [-0.4, -0.2) is 90.1 Å². The first-order chi connectivity index (χ1) is 17.5. The Morgan fingerprint density at radius 2 is 2.03 bits per heavy atom. The average Bonchev–Trinajstić information content (AvgIpc) is 3.38. The lowest BCUT2D eigenvalue weighted by atomic mass is 10.1. The Hall–Kier alpha value is -3.50. The summed E-state index contributed by atoms with van der Waals surface area (Å²) in [4.78, 5) is 30.8. The number of aromatic nitrogens is 1. The maximum atomic E-state index is 13.0. The fourth-order valence-electron chi connectivity index (χ4n) is 4.87. The number of hydrogen-bond donors (Lipinski definition) is 2. The molecule has 0 bridgehead atoms. The van der Waals surface area contributed by atoms with Crippen LogP contribution in [0.5, 0.6) is 11.5 Å². The standard InChI is InChI=1S/C26H32N6O4/c1-17-19(7-6-10-27-17)25(34)30-26-29-22-20(24-28-11-14-32(24)26)8-9-21(23(22)35-2)36-16-18(33)15-31-12-4-3-5-13-31/h6-10,18,33H,3-5,11-16H2,1-2H3,(H,29,30,34)/t18-/m1/s1. The van der Waals surface area contributed by atoms with Crippen molar-refractivity contribution in [3.63, 3.8) is 0 Å². The molecule has 0 aliphatic carbocycles. The van der Waals surface area contributed by atoms with Gasteiger partial charge in [0.15, 0.2) is 11.5 Å². The number of carbonyl (C=O) groups is 1. The van der Waals surface area contributed by atoms with E-state index < -0.39 is 6.10 Å². The molecular weight excluding hydrogens is 460 g/mol. The number of carbonyl (C=O) groups excluding carboxylic acids is 1. The Morgan fingerprint density at radius 3 is 2.81 bits per heavy atom. The van der Waals surface area contributed by atoms with Gasteiger partial charge in [0.2, 0.25) is 5.96 Å². The van der Waals surface area contributed by atoms with Crippen molar-refractivity contribution in [3.8, 4) is 11.5 Å². The average molecular weight is 493 g/mol. The summed E-state index contributed by atoms with van der Waals surface area (Å²) in [7, 11) is 1.56. The zero-order chi connectivity index (χ0) is 25.1. The number of benzene rings is 1. The molecule has 3 aliphatic rings. The molecule has 10 nitrogen and oxygen atoms in total. The first-order valence-corrected chi connectivity index (χ1v) is 12.4. The van der Waals surface area contributed by atoms with Crippen molar-refractivity contribution in [3.05, 3.63) is 47.3 Å². The zero-order valence-corrected chi connectivity index (χ0v) is 20.7. The Labute approximate surface area is 210 Å². The smallest absolute Gasteiger partial charge is 0.259 e. The molecule has 1 aromatic carbocycles. The molecule has 3 aliphatic heterocycles. The van der Waals surface area contributed by atoms with Crippen LogP contribution in [0.4, 0.5) is 5.69 Å². The van der Waals surface area contributed by atoms with Crippen molar-refractivity contribution in [1.82, 2.24) is 20.1 Å². The van der Waals surface area contributed by atoms with Crippen molar-refractivity contribution in [2.45, 2.75) is 32.3 Å². The number of amidine groups is 1. The van der Waals surface area contributed by atoms with Gasteiger partial charge in [0, 0.05) is 30.5 Å². The molecule has 5 rings (SSSR count). The van der Waals surface area contributed by atoms with Crippen LogP contribution in [0.3, 0.4) is 0 Å². The third-order valence-electron chi connectivity index (χ3n) is 6.68. The zero-order valence-electron chi connectivity index (χ0n) is 20.7. The summed E-state index contributed by atoms with van der Waals surface area (Å²) in [6.07, 6.45) is 4.64. The molecule has 2 aromatic rings. The summed E-state index contributed by atoms with van der Waals surface area (Å²) in [5.74, 6) is 1.75. The van der Waals surface area contributed by atoms with Gasteiger partial charge >= 0.3 is 0 Å². The molecule has 4 heterocycles. The minimum atomic E-state index is -0.611. The molecule has 0 unspecified atom stereocenters. The number of methoxy groups -OCH3 is 1. The van der Waals surface area contributed by atoms with E-state index in [0.29, 0.717) is 54.0 Å². The van der Waals surface area contributed by atoms with E-state index in [1.54, 1.807) is 32.4 Å². The van der Waals surface area contributed by atoms with Gasteiger partial charge in [0.05, 0.1) is 19.2 Å². The van der Waals surface area contributed by atoms with E-state index >= 15 is 0 Å². The number of nitrogens with zero attached hydrogens (tertiary/aromatic N) is 5. The van der Waals surface area contributed by atoms with Crippen LogP contribution in [-0.2, 0) is 0 Å². The molecule has 190 valence electrons. The van der Waals surface area contributed by atoms with Crippen molar-refractivity contribution >= 4 is 23.4 Å². The van der Waals surface area contributed by atoms with Crippen LogP contribution >= 0.6 is 0 Å². The number of piperidine rings is 1. The van der Waals surface area contributed by atoms with Gasteiger partial charge in [-0.15, -0.1) is 0 Å². The van der Waals surface area contributed by atoms with Gasteiger partial charge in [-0.2, -0.15) is 0 Å². The molecule has 1 fully saturated rings. The summed E-state index contributed by atoms with van der Waals surface area (Å²) >= 11 is 0. The second-order valence-corrected chi connectivity index (χ2v) is 9.20. The number of guanidine groups is 1. The van der Waals surface area contributed by atoms with Gasteiger partial charge in [-0.1, -0.05) is 6.42 Å². The Balaban J connectivity index is 1.38. The maximum absolute atomic E-state index is 13.0. The molecular formula is C26H32N6O4. The summed E-state index contributed by atoms with van der Waals surface area (Å²) in [5.41, 5.74) is 2.46. The number of nitrogens with one attached hydrogen (secondary N) is 1. The van der Waals surface area contributed by atoms with Crippen molar-refractivity contribution in [2.24, 2.45) is 9.98 Å². The number of hydrogen-bond acceptors (Lipinski definition) is 9. The SMILES string of the molecule is COc1c(OC[C@H](O)CN2CCCCC2)ccc2c1N=C(NC(=O)c1cccnc1C)N1CCN=C21. The Morgan fingerprint density at radius 1 is 1.19 bits per heavy atom. The molecule has 1 aromatic heterocycles. The number of β-amino-alcohol motifs (C(OH)–C–C–N with tert-alkyl or cyclic N) is 1. The molecule has 0 saturated carbocycles. The number of aryl methyl sites for hydroxylation is 1. The number of aliphatic hydroxyl groups is 1. The van der Waals surface area contributed by atoms with E-state index in [-0.39, 0.29) is 12.5 Å². The van der Waals surface area contributed by atoms with Gasteiger partial charge < -0.3 is 19.5 Å². The topological polar surface area (TPSA) is 112 Å². The predicted molar refractivity (Wildman–Crippen MR) is 136 cm³/mol. The number of rotatable bonds is 7. The van der Waals surface area contributed by atoms with Crippen LogP contribution in [0.1, 0.15) is 40.9 Å².